The van der Waals surface area contributed by atoms with Crippen LogP contribution in [0.25, 0.3) is 22.4 Å². The van der Waals surface area contributed by atoms with Gasteiger partial charge in [0.15, 0.2) is 0 Å². The van der Waals surface area contributed by atoms with E-state index < -0.39 is 0 Å². The topological polar surface area (TPSA) is 66.1 Å². The molecule has 1 N–H and O–H groups in total. The first-order chi connectivity index (χ1) is 13.1. The van der Waals surface area contributed by atoms with Crippen molar-refractivity contribution < 1.29 is 9.59 Å². The number of imide groups is 1. The molecule has 1 aliphatic rings. The largest absolute Gasteiger partial charge is 0.338 e. The van der Waals surface area contributed by atoms with Gasteiger partial charge in [-0.3, -0.25) is 9.59 Å². The molecule has 5 rings (SSSR count). The fraction of sp³-hybridized carbons (Fsp3) is 0.0455. The van der Waals surface area contributed by atoms with Crippen LogP contribution in [0.5, 0.6) is 0 Å². The molecule has 0 bridgehead atoms. The molecule has 2 heterocycles. The van der Waals surface area contributed by atoms with Crippen molar-refractivity contribution in [1.29, 1.82) is 0 Å². The number of nitrogens with zero attached hydrogens (tertiary/aromatic N) is 2. The Kier molecular flexibility index (Phi) is 3.24. The molecule has 5 heteroatoms. The number of aryl methyl sites for hydroxylation is 1. The number of nitrogens with one attached hydrogen (secondary N) is 1. The second kappa shape index (κ2) is 5.64. The Hall–Kier alpha value is -3.73. The third-order valence-electron chi connectivity index (χ3n) is 4.84. The Morgan fingerprint density at radius 3 is 2.19 bits per heavy atom. The molecule has 1 aromatic heterocycles. The van der Waals surface area contributed by atoms with Gasteiger partial charge in [-0.15, -0.1) is 0 Å². The predicted molar refractivity (Wildman–Crippen MR) is 104 cm³/mol. The quantitative estimate of drug-likeness (QED) is 0.545. The van der Waals surface area contributed by atoms with Crippen LogP contribution in [-0.4, -0.2) is 21.8 Å². The van der Waals surface area contributed by atoms with Crippen molar-refractivity contribution in [2.75, 3.05) is 4.90 Å². The van der Waals surface area contributed by atoms with Crippen molar-refractivity contribution in [2.45, 2.75) is 6.92 Å². The number of aromatic amines is 1. The van der Waals surface area contributed by atoms with E-state index in [1.165, 1.54) is 10.5 Å². The molecule has 0 unspecified atom stereocenters. The van der Waals surface area contributed by atoms with E-state index in [0.717, 1.165) is 22.4 Å². The molecule has 130 valence electrons. The van der Waals surface area contributed by atoms with E-state index in [-0.39, 0.29) is 11.8 Å². The van der Waals surface area contributed by atoms with Gasteiger partial charge in [0.2, 0.25) is 0 Å². The molecule has 0 atom stereocenters. The highest BCUT2D eigenvalue weighted by Gasteiger charge is 2.36. The molecular weight excluding hydrogens is 338 g/mol. The van der Waals surface area contributed by atoms with E-state index in [1.54, 1.807) is 36.4 Å². The van der Waals surface area contributed by atoms with Crippen LogP contribution in [0.1, 0.15) is 26.3 Å². The van der Waals surface area contributed by atoms with Gasteiger partial charge in [-0.05, 0) is 37.3 Å². The van der Waals surface area contributed by atoms with Crippen LogP contribution < -0.4 is 4.90 Å². The number of carbonyl (C=O) groups is 2. The lowest BCUT2D eigenvalue weighted by molar-refractivity contribution is 0.0926. The third kappa shape index (κ3) is 2.36. The molecule has 0 saturated carbocycles. The first-order valence-corrected chi connectivity index (χ1v) is 8.66. The molecule has 5 nitrogen and oxygen atoms in total. The number of imidazole rings is 1. The van der Waals surface area contributed by atoms with Crippen LogP contribution in [-0.2, 0) is 0 Å². The minimum Gasteiger partial charge on any atom is -0.338 e. The number of amides is 2. The van der Waals surface area contributed by atoms with Gasteiger partial charge in [0, 0.05) is 5.56 Å². The summed E-state index contributed by atoms with van der Waals surface area (Å²) >= 11 is 0. The fourth-order valence-electron chi connectivity index (χ4n) is 3.41. The Labute approximate surface area is 155 Å². The maximum atomic E-state index is 12.7. The molecule has 3 aromatic carbocycles. The van der Waals surface area contributed by atoms with Crippen molar-refractivity contribution in [3.8, 4) is 11.4 Å². The molecule has 0 fully saturated rings. The Morgan fingerprint density at radius 1 is 0.852 bits per heavy atom. The molecule has 0 radical (unpaired) electrons. The third-order valence-corrected chi connectivity index (χ3v) is 4.84. The van der Waals surface area contributed by atoms with Gasteiger partial charge in [-0.25, -0.2) is 9.88 Å². The molecule has 4 aromatic rings. The van der Waals surface area contributed by atoms with Crippen LogP contribution >= 0.6 is 0 Å². The lowest BCUT2D eigenvalue weighted by Gasteiger charge is -2.13. The maximum Gasteiger partial charge on any atom is 0.266 e. The number of benzene rings is 3. The summed E-state index contributed by atoms with van der Waals surface area (Å²) in [5.74, 6) is 0.158. The minimum atomic E-state index is -0.298. The predicted octanol–water partition coefficient (Wildman–Crippen LogP) is 4.34. The van der Waals surface area contributed by atoms with Crippen LogP contribution in [0.15, 0.2) is 66.7 Å². The zero-order valence-corrected chi connectivity index (χ0v) is 14.6. The number of carbonyl (C=O) groups excluding carboxylic acids is 2. The summed E-state index contributed by atoms with van der Waals surface area (Å²) in [4.78, 5) is 34.5. The highest BCUT2D eigenvalue weighted by molar-refractivity contribution is 6.34. The highest BCUT2D eigenvalue weighted by Crippen LogP contribution is 2.30. The summed E-state index contributed by atoms with van der Waals surface area (Å²) in [6.07, 6.45) is 0. The van der Waals surface area contributed by atoms with Crippen LogP contribution in [0.3, 0.4) is 0 Å². The summed E-state index contributed by atoms with van der Waals surface area (Å²) in [7, 11) is 0. The fourth-order valence-corrected chi connectivity index (χ4v) is 3.41. The molecule has 0 spiro atoms. The first kappa shape index (κ1) is 15.5. The van der Waals surface area contributed by atoms with E-state index in [0.29, 0.717) is 16.8 Å². The van der Waals surface area contributed by atoms with Gasteiger partial charge >= 0.3 is 0 Å². The van der Waals surface area contributed by atoms with Gasteiger partial charge in [0.05, 0.1) is 27.8 Å². The van der Waals surface area contributed by atoms with Gasteiger partial charge in [0.1, 0.15) is 5.82 Å². The maximum absolute atomic E-state index is 12.7. The van der Waals surface area contributed by atoms with Crippen molar-refractivity contribution in [3.63, 3.8) is 0 Å². The number of rotatable bonds is 2. The summed E-state index contributed by atoms with van der Waals surface area (Å²) < 4.78 is 0. The summed E-state index contributed by atoms with van der Waals surface area (Å²) in [5, 5.41) is 0. The SMILES string of the molecule is Cc1ccc(-c2nc3ccc(N4C(=O)c5ccccc5C4=O)cc3[nH]2)cc1. The lowest BCUT2D eigenvalue weighted by atomic mass is 10.1. The molecular formula is C22H15N3O2. The molecule has 1 aliphatic heterocycles. The molecule has 0 aliphatic carbocycles. The lowest BCUT2D eigenvalue weighted by Crippen LogP contribution is -2.29. The van der Waals surface area contributed by atoms with Gasteiger partial charge in [-0.2, -0.15) is 0 Å². The number of fused-ring (bicyclic) bond motifs is 2. The summed E-state index contributed by atoms with van der Waals surface area (Å²) in [6, 6.07) is 20.3. The summed E-state index contributed by atoms with van der Waals surface area (Å²) in [5.41, 5.74) is 5.14. The van der Waals surface area contributed by atoms with E-state index in [4.69, 9.17) is 0 Å². The Morgan fingerprint density at radius 2 is 1.52 bits per heavy atom. The number of aromatic nitrogens is 2. The van der Waals surface area contributed by atoms with E-state index in [1.807, 2.05) is 37.3 Å². The number of H-pyrrole nitrogens is 1. The first-order valence-electron chi connectivity index (χ1n) is 8.66. The normalized spacial score (nSPS) is 13.4. The highest BCUT2D eigenvalue weighted by atomic mass is 16.2. The van der Waals surface area contributed by atoms with Crippen molar-refractivity contribution >= 4 is 28.5 Å². The number of hydrogen-bond acceptors (Lipinski definition) is 3. The van der Waals surface area contributed by atoms with Crippen molar-refractivity contribution in [1.82, 2.24) is 9.97 Å². The Balaban J connectivity index is 1.57. The van der Waals surface area contributed by atoms with Crippen LogP contribution in [0, 0.1) is 6.92 Å². The summed E-state index contributed by atoms with van der Waals surface area (Å²) in [6.45, 7) is 2.04. The van der Waals surface area contributed by atoms with E-state index in [9.17, 15) is 9.59 Å². The second-order valence-corrected chi connectivity index (χ2v) is 6.64. The van der Waals surface area contributed by atoms with Crippen molar-refractivity contribution in [3.05, 3.63) is 83.4 Å². The monoisotopic (exact) mass is 353 g/mol. The molecule has 2 amide bonds. The van der Waals surface area contributed by atoms with Crippen molar-refractivity contribution in [2.24, 2.45) is 0 Å². The average Bonchev–Trinajstić information content (AvgIpc) is 3.22. The zero-order chi connectivity index (χ0) is 18.5. The zero-order valence-electron chi connectivity index (χ0n) is 14.6. The number of anilines is 1. The molecule has 27 heavy (non-hydrogen) atoms. The number of hydrogen-bond donors (Lipinski definition) is 1. The van der Waals surface area contributed by atoms with Gasteiger partial charge < -0.3 is 4.98 Å². The van der Waals surface area contributed by atoms with E-state index >= 15 is 0 Å². The van der Waals surface area contributed by atoms with E-state index in [2.05, 4.69) is 9.97 Å². The smallest absolute Gasteiger partial charge is 0.266 e. The van der Waals surface area contributed by atoms with Crippen LogP contribution in [0.4, 0.5) is 5.69 Å². The van der Waals surface area contributed by atoms with Crippen LogP contribution in [0.2, 0.25) is 0 Å². The minimum absolute atomic E-state index is 0.298. The van der Waals surface area contributed by atoms with Gasteiger partial charge in [-0.1, -0.05) is 42.0 Å². The average molecular weight is 353 g/mol. The molecule has 0 saturated heterocycles. The van der Waals surface area contributed by atoms with Gasteiger partial charge in [0.25, 0.3) is 11.8 Å². The second-order valence-electron chi connectivity index (χ2n) is 6.64. The Bertz CT molecular complexity index is 1190. The standard InChI is InChI=1S/C22H15N3O2/c1-13-6-8-14(9-7-13)20-23-18-11-10-15(12-19(18)24-20)25-21(26)16-4-2-3-5-17(16)22(25)27/h2-12H,1H3,(H,23,24).